The lowest BCUT2D eigenvalue weighted by atomic mass is 10.0. The molecule has 7 nitrogen and oxygen atoms in total. The van der Waals surface area contributed by atoms with Crippen molar-refractivity contribution in [3.63, 3.8) is 0 Å². The molecule has 0 bridgehead atoms. The largest absolute Gasteiger partial charge is 0.508 e. The van der Waals surface area contributed by atoms with E-state index in [-0.39, 0.29) is 36.4 Å². The highest BCUT2D eigenvalue weighted by Crippen LogP contribution is 2.32. The van der Waals surface area contributed by atoms with Crippen molar-refractivity contribution in [2.45, 2.75) is 19.0 Å². The highest BCUT2D eigenvalue weighted by Gasteiger charge is 2.33. The number of aromatic hydroxyl groups is 1. The molecule has 0 aromatic heterocycles. The molecule has 1 N–H and O–H groups in total. The molecule has 0 spiro atoms. The topological polar surface area (TPSA) is 93.1 Å². The van der Waals surface area contributed by atoms with Crippen molar-refractivity contribution in [3.8, 4) is 11.5 Å². The van der Waals surface area contributed by atoms with Crippen LogP contribution in [0.15, 0.2) is 30.3 Å². The van der Waals surface area contributed by atoms with E-state index in [4.69, 9.17) is 9.47 Å². The number of hydrogen-bond acceptors (Lipinski definition) is 7. The normalized spacial score (nSPS) is 18.7. The number of rotatable bonds is 6. The second-order valence-corrected chi connectivity index (χ2v) is 8.92. The molecule has 3 rings (SSSR count). The Labute approximate surface area is 158 Å². The molecule has 0 aliphatic carbocycles. The van der Waals surface area contributed by atoms with Crippen LogP contribution in [-0.2, 0) is 25.9 Å². The number of esters is 1. The number of ether oxygens (including phenoxy) is 2. The second-order valence-electron chi connectivity index (χ2n) is 6.69. The fourth-order valence-electron chi connectivity index (χ4n) is 3.45. The summed E-state index contributed by atoms with van der Waals surface area (Å²) in [6.07, 6.45) is 0.453. The van der Waals surface area contributed by atoms with Crippen LogP contribution in [0.1, 0.15) is 12.0 Å². The third kappa shape index (κ3) is 4.33. The Hall–Kier alpha value is -2.32. The summed E-state index contributed by atoms with van der Waals surface area (Å²) in [5.41, 5.74) is 0.625. The number of methoxy groups -OCH3 is 2. The van der Waals surface area contributed by atoms with Gasteiger partial charge in [-0.15, -0.1) is 0 Å². The van der Waals surface area contributed by atoms with Gasteiger partial charge in [0.05, 0.1) is 32.3 Å². The lowest BCUT2D eigenvalue weighted by Gasteiger charge is -2.27. The summed E-state index contributed by atoms with van der Waals surface area (Å²) in [7, 11) is -0.251. The zero-order valence-corrected chi connectivity index (χ0v) is 16.2. The smallest absolute Gasteiger partial charge is 0.319 e. The minimum absolute atomic E-state index is 0.00115. The third-order valence-electron chi connectivity index (χ3n) is 4.96. The maximum Gasteiger partial charge on any atom is 0.319 e. The van der Waals surface area contributed by atoms with Crippen molar-refractivity contribution >= 4 is 26.6 Å². The first-order valence-corrected chi connectivity index (χ1v) is 10.4. The average molecular weight is 393 g/mol. The Morgan fingerprint density at radius 3 is 2.63 bits per heavy atom. The van der Waals surface area contributed by atoms with Gasteiger partial charge in [0.25, 0.3) is 0 Å². The Kier molecular flexibility index (Phi) is 5.57. The van der Waals surface area contributed by atoms with E-state index in [0.717, 1.165) is 10.8 Å². The SMILES string of the molecule is COC(=O)CN(Cc1c(O)ccc2ccc(OC)cc12)C1CCS(=O)(=O)C1. The molecule has 1 atom stereocenters. The second kappa shape index (κ2) is 7.74. The zero-order valence-electron chi connectivity index (χ0n) is 15.3. The van der Waals surface area contributed by atoms with Crippen LogP contribution >= 0.6 is 0 Å². The fraction of sp³-hybridized carbons (Fsp3) is 0.421. The number of hydrogen-bond donors (Lipinski definition) is 1. The first-order valence-electron chi connectivity index (χ1n) is 8.63. The summed E-state index contributed by atoms with van der Waals surface area (Å²) in [6, 6.07) is 8.66. The lowest BCUT2D eigenvalue weighted by molar-refractivity contribution is -0.142. The van der Waals surface area contributed by atoms with Crippen molar-refractivity contribution in [1.29, 1.82) is 0 Å². The number of nitrogens with zero attached hydrogens (tertiary/aromatic N) is 1. The molecule has 1 aliphatic rings. The van der Waals surface area contributed by atoms with Gasteiger partial charge in [0.1, 0.15) is 11.5 Å². The Morgan fingerprint density at radius 2 is 2.00 bits per heavy atom. The Balaban J connectivity index is 1.99. The minimum Gasteiger partial charge on any atom is -0.508 e. The van der Waals surface area contributed by atoms with Crippen LogP contribution < -0.4 is 4.74 Å². The number of fused-ring (bicyclic) bond motifs is 1. The lowest BCUT2D eigenvalue weighted by Crippen LogP contribution is -2.39. The molecule has 0 amide bonds. The molecular weight excluding hydrogens is 370 g/mol. The number of carbonyl (C=O) groups excluding carboxylic acids is 1. The first kappa shape index (κ1) is 19.4. The minimum atomic E-state index is -3.11. The van der Waals surface area contributed by atoms with Gasteiger partial charge in [-0.1, -0.05) is 12.1 Å². The van der Waals surface area contributed by atoms with E-state index < -0.39 is 15.8 Å². The van der Waals surface area contributed by atoms with Crippen LogP contribution in [0, 0.1) is 0 Å². The highest BCUT2D eigenvalue weighted by atomic mass is 32.2. The molecule has 2 aromatic carbocycles. The summed E-state index contributed by atoms with van der Waals surface area (Å²) in [5.74, 6) is 0.393. The average Bonchev–Trinajstić information content (AvgIpc) is 3.02. The fourth-order valence-corrected chi connectivity index (χ4v) is 5.22. The molecule has 1 fully saturated rings. The van der Waals surface area contributed by atoms with E-state index in [9.17, 15) is 18.3 Å². The van der Waals surface area contributed by atoms with Gasteiger partial charge < -0.3 is 14.6 Å². The van der Waals surface area contributed by atoms with Crippen LogP contribution in [0.25, 0.3) is 10.8 Å². The number of phenolic OH excluding ortho intramolecular Hbond substituents is 1. The van der Waals surface area contributed by atoms with Crippen LogP contribution in [-0.4, -0.2) is 62.7 Å². The van der Waals surface area contributed by atoms with Gasteiger partial charge in [0.2, 0.25) is 0 Å². The molecular formula is C19H23NO6S. The van der Waals surface area contributed by atoms with Gasteiger partial charge >= 0.3 is 5.97 Å². The molecule has 1 heterocycles. The third-order valence-corrected chi connectivity index (χ3v) is 6.71. The molecule has 0 radical (unpaired) electrons. The number of carbonyl (C=O) groups is 1. The molecule has 8 heteroatoms. The van der Waals surface area contributed by atoms with Gasteiger partial charge in [0, 0.05) is 18.2 Å². The molecule has 1 saturated heterocycles. The molecule has 1 unspecified atom stereocenters. The van der Waals surface area contributed by atoms with E-state index >= 15 is 0 Å². The van der Waals surface area contributed by atoms with Crippen LogP contribution in [0.4, 0.5) is 0 Å². The Bertz CT molecular complexity index is 956. The van der Waals surface area contributed by atoms with Gasteiger partial charge in [-0.05, 0) is 35.4 Å². The standard InChI is InChI=1S/C19H23NO6S/c1-25-15-5-3-13-4-6-18(21)17(16(13)9-15)10-20(11-19(22)26-2)14-7-8-27(23,24)12-14/h3-6,9,14,21H,7-8,10-12H2,1-2H3. The number of phenols is 1. The summed E-state index contributed by atoms with van der Waals surface area (Å²) < 4.78 is 33.9. The van der Waals surface area contributed by atoms with Gasteiger partial charge in [0.15, 0.2) is 9.84 Å². The molecule has 146 valence electrons. The van der Waals surface area contributed by atoms with Crippen molar-refractivity contribution < 1.29 is 27.8 Å². The maximum absolute atomic E-state index is 11.9. The van der Waals surface area contributed by atoms with Crippen LogP contribution in [0.2, 0.25) is 0 Å². The van der Waals surface area contributed by atoms with Gasteiger partial charge in [-0.25, -0.2) is 8.42 Å². The molecule has 27 heavy (non-hydrogen) atoms. The van der Waals surface area contributed by atoms with Crippen molar-refractivity contribution in [2.24, 2.45) is 0 Å². The highest BCUT2D eigenvalue weighted by molar-refractivity contribution is 7.91. The van der Waals surface area contributed by atoms with Crippen molar-refractivity contribution in [1.82, 2.24) is 4.90 Å². The molecule has 2 aromatic rings. The Morgan fingerprint density at radius 1 is 1.26 bits per heavy atom. The summed E-state index contributed by atoms with van der Waals surface area (Å²) in [5, 5.41) is 12.2. The summed E-state index contributed by atoms with van der Waals surface area (Å²) >= 11 is 0. The predicted octanol–water partition coefficient (Wildman–Crippen LogP) is 1.72. The predicted molar refractivity (Wildman–Crippen MR) is 102 cm³/mol. The van der Waals surface area contributed by atoms with Crippen LogP contribution in [0.3, 0.4) is 0 Å². The van der Waals surface area contributed by atoms with E-state index in [2.05, 4.69) is 0 Å². The quantitative estimate of drug-likeness (QED) is 0.747. The molecule has 0 saturated carbocycles. The number of sulfone groups is 1. The van der Waals surface area contributed by atoms with Crippen molar-refractivity contribution in [2.75, 3.05) is 32.3 Å². The maximum atomic E-state index is 11.9. The summed E-state index contributed by atoms with van der Waals surface area (Å²) in [4.78, 5) is 13.7. The monoisotopic (exact) mass is 393 g/mol. The van der Waals surface area contributed by atoms with E-state index in [1.54, 1.807) is 24.1 Å². The number of benzene rings is 2. The van der Waals surface area contributed by atoms with Gasteiger partial charge in [-0.3, -0.25) is 9.69 Å². The van der Waals surface area contributed by atoms with E-state index in [0.29, 0.717) is 17.7 Å². The van der Waals surface area contributed by atoms with Crippen molar-refractivity contribution in [3.05, 3.63) is 35.9 Å². The zero-order chi connectivity index (χ0) is 19.6. The van der Waals surface area contributed by atoms with Gasteiger partial charge in [-0.2, -0.15) is 0 Å². The van der Waals surface area contributed by atoms with E-state index in [1.807, 2.05) is 18.2 Å². The first-order chi connectivity index (χ1) is 12.8. The molecule has 1 aliphatic heterocycles. The van der Waals surface area contributed by atoms with Crippen LogP contribution in [0.5, 0.6) is 11.5 Å². The van der Waals surface area contributed by atoms with E-state index in [1.165, 1.54) is 7.11 Å². The summed E-state index contributed by atoms with van der Waals surface area (Å²) in [6.45, 7) is 0.183.